The number of benzene rings is 1. The Morgan fingerprint density at radius 2 is 2.20 bits per heavy atom. The second kappa shape index (κ2) is 5.15. The largest absolute Gasteiger partial charge is 0.334 e. The van der Waals surface area contributed by atoms with Gasteiger partial charge < -0.3 is 4.52 Å². The Labute approximate surface area is 119 Å². The first-order valence-corrected chi connectivity index (χ1v) is 6.15. The van der Waals surface area contributed by atoms with E-state index in [0.717, 1.165) is 5.56 Å². The number of hydrogen-bond donors (Lipinski definition) is 1. The van der Waals surface area contributed by atoms with Gasteiger partial charge >= 0.3 is 0 Å². The average Bonchev–Trinajstić information content (AvgIpc) is 3.09. The Morgan fingerprint density at radius 3 is 3.00 bits per heavy atom. The van der Waals surface area contributed by atoms with E-state index in [4.69, 9.17) is 21.4 Å². The lowest BCUT2D eigenvalue weighted by Gasteiger charge is -1.98. The van der Waals surface area contributed by atoms with Gasteiger partial charge in [0.1, 0.15) is 11.8 Å². The van der Waals surface area contributed by atoms with E-state index in [1.54, 1.807) is 0 Å². The summed E-state index contributed by atoms with van der Waals surface area (Å²) in [5, 5.41) is 19.8. The molecule has 1 aromatic carbocycles. The van der Waals surface area contributed by atoms with Gasteiger partial charge in [0.2, 0.25) is 0 Å². The molecule has 7 heteroatoms. The number of nitrogens with one attached hydrogen (secondary N) is 1. The Morgan fingerprint density at radius 1 is 1.35 bits per heavy atom. The Hall–Kier alpha value is -2.65. The summed E-state index contributed by atoms with van der Waals surface area (Å²) in [5.41, 5.74) is 1.69. The summed E-state index contributed by atoms with van der Waals surface area (Å²) in [6.07, 6.45) is 1.94. The van der Waals surface area contributed by atoms with Crippen LogP contribution in [0.2, 0.25) is 5.02 Å². The van der Waals surface area contributed by atoms with Crippen LogP contribution in [0.5, 0.6) is 0 Å². The van der Waals surface area contributed by atoms with Gasteiger partial charge in [-0.2, -0.15) is 15.3 Å². The lowest BCUT2D eigenvalue weighted by molar-refractivity contribution is 0.424. The molecule has 2 heterocycles. The normalized spacial score (nSPS) is 10.4. The lowest BCUT2D eigenvalue weighted by Crippen LogP contribution is -1.91. The van der Waals surface area contributed by atoms with Crippen LogP contribution in [0.15, 0.2) is 35.0 Å². The molecule has 0 unspecified atom stereocenters. The number of nitrogens with zero attached hydrogens (tertiary/aromatic N) is 4. The molecule has 3 rings (SSSR count). The smallest absolute Gasteiger partial charge is 0.262 e. The number of rotatable bonds is 3. The fraction of sp³-hybridized carbons (Fsp3) is 0.0769. The summed E-state index contributed by atoms with van der Waals surface area (Å²) in [7, 11) is 0. The molecular formula is C13H8ClN5O. The van der Waals surface area contributed by atoms with Crippen molar-refractivity contribution < 1.29 is 4.52 Å². The Balaban J connectivity index is 1.88. The van der Waals surface area contributed by atoms with Crippen molar-refractivity contribution >= 4 is 11.6 Å². The highest BCUT2D eigenvalue weighted by atomic mass is 35.5. The minimum Gasteiger partial charge on any atom is -0.334 e. The molecule has 0 spiro atoms. The van der Waals surface area contributed by atoms with Crippen LogP contribution < -0.4 is 0 Å². The third-order valence-electron chi connectivity index (χ3n) is 2.76. The van der Waals surface area contributed by atoms with Crippen LogP contribution in [0.3, 0.4) is 0 Å². The third kappa shape index (κ3) is 2.27. The molecule has 0 amide bonds. The molecule has 0 fully saturated rings. The van der Waals surface area contributed by atoms with Crippen molar-refractivity contribution in [1.82, 2.24) is 20.3 Å². The van der Waals surface area contributed by atoms with Crippen LogP contribution in [0.1, 0.15) is 17.1 Å². The average molecular weight is 286 g/mol. The number of hydrogen-bond acceptors (Lipinski definition) is 5. The van der Waals surface area contributed by atoms with Gasteiger partial charge in [0, 0.05) is 11.4 Å². The Bertz CT molecular complexity index is 786. The molecule has 0 aliphatic rings. The van der Waals surface area contributed by atoms with Gasteiger partial charge in [0.25, 0.3) is 5.89 Å². The van der Waals surface area contributed by atoms with Crippen LogP contribution in [0.25, 0.3) is 11.5 Å². The quantitative estimate of drug-likeness (QED) is 0.798. The van der Waals surface area contributed by atoms with E-state index in [0.29, 0.717) is 22.8 Å². The summed E-state index contributed by atoms with van der Waals surface area (Å²) in [6, 6.07) is 9.44. The van der Waals surface area contributed by atoms with Crippen LogP contribution >= 0.6 is 11.6 Å². The molecule has 0 saturated carbocycles. The molecule has 98 valence electrons. The van der Waals surface area contributed by atoms with Crippen LogP contribution in [-0.4, -0.2) is 20.3 Å². The van der Waals surface area contributed by atoms with Crippen molar-refractivity contribution in [3.05, 3.63) is 52.6 Å². The summed E-state index contributed by atoms with van der Waals surface area (Å²) in [5.74, 6) is 0.760. The summed E-state index contributed by atoms with van der Waals surface area (Å²) in [6.45, 7) is 0. The topological polar surface area (TPSA) is 91.4 Å². The van der Waals surface area contributed by atoms with Crippen LogP contribution in [0.4, 0.5) is 0 Å². The van der Waals surface area contributed by atoms with Crippen LogP contribution in [-0.2, 0) is 6.42 Å². The van der Waals surface area contributed by atoms with Crippen molar-refractivity contribution in [2.45, 2.75) is 6.42 Å². The molecule has 0 aliphatic heterocycles. The second-order valence-corrected chi connectivity index (χ2v) is 4.46. The number of nitriles is 1. The van der Waals surface area contributed by atoms with Gasteiger partial charge in [-0.1, -0.05) is 35.0 Å². The second-order valence-electron chi connectivity index (χ2n) is 4.05. The summed E-state index contributed by atoms with van der Waals surface area (Å²) in [4.78, 5) is 4.25. The molecule has 1 N–H and O–H groups in total. The van der Waals surface area contributed by atoms with Gasteiger partial charge in [-0.05, 0) is 11.6 Å². The van der Waals surface area contributed by atoms with Gasteiger partial charge in [-0.15, -0.1) is 0 Å². The molecule has 2 aromatic heterocycles. The number of H-pyrrole nitrogens is 1. The van der Waals surface area contributed by atoms with E-state index in [9.17, 15) is 0 Å². The molecule has 20 heavy (non-hydrogen) atoms. The van der Waals surface area contributed by atoms with E-state index in [2.05, 4.69) is 20.3 Å². The van der Waals surface area contributed by atoms with Gasteiger partial charge in [-0.3, -0.25) is 5.10 Å². The van der Waals surface area contributed by atoms with Crippen molar-refractivity contribution in [2.24, 2.45) is 0 Å². The first-order valence-electron chi connectivity index (χ1n) is 5.78. The van der Waals surface area contributed by atoms with Crippen molar-refractivity contribution in [1.29, 1.82) is 5.26 Å². The fourth-order valence-electron chi connectivity index (χ4n) is 1.78. The van der Waals surface area contributed by atoms with E-state index in [1.807, 2.05) is 30.3 Å². The maximum Gasteiger partial charge on any atom is 0.262 e. The third-order valence-corrected chi connectivity index (χ3v) is 3.12. The highest BCUT2D eigenvalue weighted by molar-refractivity contribution is 6.31. The van der Waals surface area contributed by atoms with E-state index in [-0.39, 0.29) is 11.6 Å². The number of halogens is 1. The Kier molecular flexibility index (Phi) is 3.19. The molecule has 6 nitrogen and oxygen atoms in total. The fourth-order valence-corrected chi connectivity index (χ4v) is 1.98. The monoisotopic (exact) mass is 285 g/mol. The molecular weight excluding hydrogens is 278 g/mol. The molecule has 0 aliphatic carbocycles. The van der Waals surface area contributed by atoms with Gasteiger partial charge in [-0.25, -0.2) is 0 Å². The highest BCUT2D eigenvalue weighted by Crippen LogP contribution is 2.22. The van der Waals surface area contributed by atoms with E-state index in [1.165, 1.54) is 6.20 Å². The standard InChI is InChI=1S/C13H8ClN5O/c14-10-4-2-1-3-8(10)5-12-17-13(20-19-12)9-7-16-18-11(9)6-15/h1-4,7H,5H2,(H,16,18). The van der Waals surface area contributed by atoms with Gasteiger partial charge in [0.15, 0.2) is 5.82 Å². The SMILES string of the molecule is N#Cc1[nH]ncc1-c1nc(Cc2ccccc2Cl)no1. The highest BCUT2D eigenvalue weighted by Gasteiger charge is 2.15. The summed E-state index contributed by atoms with van der Waals surface area (Å²) >= 11 is 6.08. The minimum absolute atomic E-state index is 0.261. The minimum atomic E-state index is 0.261. The zero-order valence-corrected chi connectivity index (χ0v) is 10.9. The zero-order chi connectivity index (χ0) is 13.9. The zero-order valence-electron chi connectivity index (χ0n) is 10.2. The molecule has 0 saturated heterocycles. The number of aromatic amines is 1. The maximum atomic E-state index is 8.92. The molecule has 0 radical (unpaired) electrons. The van der Waals surface area contributed by atoms with Crippen molar-refractivity contribution in [3.63, 3.8) is 0 Å². The van der Waals surface area contributed by atoms with Crippen molar-refractivity contribution in [2.75, 3.05) is 0 Å². The lowest BCUT2D eigenvalue weighted by atomic mass is 10.1. The van der Waals surface area contributed by atoms with Crippen LogP contribution in [0, 0.1) is 11.3 Å². The van der Waals surface area contributed by atoms with E-state index >= 15 is 0 Å². The molecule has 0 atom stereocenters. The van der Waals surface area contributed by atoms with Gasteiger partial charge in [0.05, 0.1) is 11.8 Å². The first kappa shape index (κ1) is 12.4. The first-order chi connectivity index (χ1) is 9.78. The molecule has 3 aromatic rings. The predicted octanol–water partition coefficient (Wildman–Crippen LogP) is 2.58. The van der Waals surface area contributed by atoms with E-state index < -0.39 is 0 Å². The van der Waals surface area contributed by atoms with Crippen molar-refractivity contribution in [3.8, 4) is 17.5 Å². The predicted molar refractivity (Wildman–Crippen MR) is 70.9 cm³/mol. The maximum absolute atomic E-state index is 8.92. The number of aromatic nitrogens is 4. The summed E-state index contributed by atoms with van der Waals surface area (Å²) < 4.78 is 5.15. The molecule has 0 bridgehead atoms.